The van der Waals surface area contributed by atoms with Crippen molar-refractivity contribution in [2.75, 3.05) is 20.6 Å². The quantitative estimate of drug-likeness (QED) is 0.692. The normalized spacial score (nSPS) is 16.1. The number of imidazole rings is 1. The van der Waals surface area contributed by atoms with Gasteiger partial charge in [0.1, 0.15) is 5.82 Å². The Morgan fingerprint density at radius 1 is 1.20 bits per heavy atom. The molecule has 1 saturated heterocycles. The number of aromatic nitrogens is 2. The second-order valence-electron chi connectivity index (χ2n) is 7.61. The van der Waals surface area contributed by atoms with Crippen LogP contribution in [0.15, 0.2) is 48.7 Å². The van der Waals surface area contributed by atoms with Crippen molar-refractivity contribution in [2.45, 2.75) is 25.4 Å². The molecule has 1 aliphatic rings. The van der Waals surface area contributed by atoms with E-state index in [2.05, 4.69) is 5.32 Å². The molecule has 3 heterocycles. The summed E-state index contributed by atoms with van der Waals surface area (Å²) < 4.78 is 1.92. The first kappa shape index (κ1) is 20.2. The molecule has 3 amide bonds. The largest absolute Gasteiger partial charge is 0.347 e. The molecular weight excluding hydrogens is 402 g/mol. The van der Waals surface area contributed by atoms with Gasteiger partial charge in [-0.05, 0) is 42.7 Å². The summed E-state index contributed by atoms with van der Waals surface area (Å²) in [5.74, 6) is 0.471. The van der Waals surface area contributed by atoms with E-state index in [4.69, 9.17) is 16.6 Å². The van der Waals surface area contributed by atoms with Gasteiger partial charge in [0.2, 0.25) is 0 Å². The van der Waals surface area contributed by atoms with Gasteiger partial charge in [-0.1, -0.05) is 29.8 Å². The molecule has 7 nitrogen and oxygen atoms in total. The van der Waals surface area contributed by atoms with Crippen LogP contribution in [0.5, 0.6) is 0 Å². The summed E-state index contributed by atoms with van der Waals surface area (Å²) in [6, 6.07) is 12.8. The summed E-state index contributed by atoms with van der Waals surface area (Å²) >= 11 is 5.92. The fourth-order valence-electron chi connectivity index (χ4n) is 3.85. The summed E-state index contributed by atoms with van der Waals surface area (Å²) in [4.78, 5) is 33.7. The molecule has 4 rings (SSSR count). The van der Waals surface area contributed by atoms with Gasteiger partial charge in [-0.25, -0.2) is 9.78 Å². The molecule has 0 spiro atoms. The first-order valence-electron chi connectivity index (χ1n) is 9.93. The van der Waals surface area contributed by atoms with Gasteiger partial charge < -0.3 is 19.5 Å². The lowest BCUT2D eigenvalue weighted by Gasteiger charge is -2.27. The number of urea groups is 1. The van der Waals surface area contributed by atoms with Crippen molar-refractivity contribution in [1.29, 1.82) is 0 Å². The lowest BCUT2D eigenvalue weighted by Crippen LogP contribution is -2.39. The third kappa shape index (κ3) is 3.85. The number of hydrogen-bond acceptors (Lipinski definition) is 3. The summed E-state index contributed by atoms with van der Waals surface area (Å²) in [6.07, 6.45) is 3.62. The van der Waals surface area contributed by atoms with Gasteiger partial charge in [0, 0.05) is 38.4 Å². The molecular formula is C22H24ClN5O2. The van der Waals surface area contributed by atoms with E-state index in [0.717, 1.165) is 29.7 Å². The Hall–Kier alpha value is -3.06. The number of hydrogen-bond donors (Lipinski definition) is 1. The van der Waals surface area contributed by atoms with Crippen molar-refractivity contribution < 1.29 is 9.59 Å². The predicted octanol–water partition coefficient (Wildman–Crippen LogP) is 3.74. The smallest absolute Gasteiger partial charge is 0.320 e. The fourth-order valence-corrected chi connectivity index (χ4v) is 3.98. The van der Waals surface area contributed by atoms with Gasteiger partial charge in [0.15, 0.2) is 5.69 Å². The molecule has 2 aromatic heterocycles. The highest BCUT2D eigenvalue weighted by Crippen LogP contribution is 2.33. The van der Waals surface area contributed by atoms with Crippen LogP contribution in [0, 0.1) is 0 Å². The maximum absolute atomic E-state index is 12.9. The maximum atomic E-state index is 12.9. The van der Waals surface area contributed by atoms with Crippen LogP contribution in [-0.2, 0) is 6.54 Å². The van der Waals surface area contributed by atoms with E-state index in [0.29, 0.717) is 23.8 Å². The van der Waals surface area contributed by atoms with Gasteiger partial charge in [-0.2, -0.15) is 0 Å². The number of benzene rings is 1. The van der Waals surface area contributed by atoms with Crippen molar-refractivity contribution in [3.8, 4) is 0 Å². The van der Waals surface area contributed by atoms with Crippen LogP contribution in [0.1, 0.15) is 40.8 Å². The summed E-state index contributed by atoms with van der Waals surface area (Å²) in [5.41, 5.74) is 2.05. The predicted molar refractivity (Wildman–Crippen MR) is 116 cm³/mol. The zero-order chi connectivity index (χ0) is 21.3. The summed E-state index contributed by atoms with van der Waals surface area (Å²) in [7, 11) is 3.49. The van der Waals surface area contributed by atoms with Gasteiger partial charge in [0.25, 0.3) is 5.91 Å². The monoisotopic (exact) mass is 425 g/mol. The van der Waals surface area contributed by atoms with E-state index in [1.165, 1.54) is 0 Å². The molecule has 0 radical (unpaired) electrons. The number of carbonyl (C=O) groups is 2. The van der Waals surface area contributed by atoms with Crippen LogP contribution >= 0.6 is 11.6 Å². The van der Waals surface area contributed by atoms with Crippen molar-refractivity contribution in [3.05, 3.63) is 70.8 Å². The number of fused-ring (bicyclic) bond motifs is 1. The van der Waals surface area contributed by atoms with Crippen LogP contribution in [0.3, 0.4) is 0 Å². The minimum Gasteiger partial charge on any atom is -0.347 e. The standard InChI is InChI=1S/C22H24ClN5O2/c1-26(2)22(30)28-13-5-7-18(28)20-25-19(17-6-3-4-12-27(17)20)21(29)24-14-15-8-10-16(23)11-9-15/h3-4,6,8-12,18H,5,7,13-14H2,1-2H3,(H,24,29)/t18-/m0/s1. The molecule has 3 aromatic rings. The van der Waals surface area contributed by atoms with Crippen molar-refractivity contribution in [1.82, 2.24) is 24.5 Å². The zero-order valence-corrected chi connectivity index (χ0v) is 17.8. The SMILES string of the molecule is CN(C)C(=O)N1CCC[C@H]1c1nc(C(=O)NCc2ccc(Cl)cc2)c2ccccn12. The Kier molecular flexibility index (Phi) is 5.63. The van der Waals surface area contributed by atoms with E-state index < -0.39 is 0 Å². The van der Waals surface area contributed by atoms with Crippen LogP contribution in [-0.4, -0.2) is 51.8 Å². The van der Waals surface area contributed by atoms with Gasteiger partial charge in [0.05, 0.1) is 11.6 Å². The number of halogens is 1. The van der Waals surface area contributed by atoms with Gasteiger partial charge in [-0.15, -0.1) is 0 Å². The highest BCUT2D eigenvalue weighted by molar-refractivity contribution is 6.30. The van der Waals surface area contributed by atoms with E-state index in [-0.39, 0.29) is 18.0 Å². The minimum atomic E-state index is -0.247. The molecule has 0 bridgehead atoms. The summed E-state index contributed by atoms with van der Waals surface area (Å²) in [6.45, 7) is 1.06. The number of carbonyl (C=O) groups excluding carboxylic acids is 2. The highest BCUT2D eigenvalue weighted by Gasteiger charge is 2.34. The van der Waals surface area contributed by atoms with Crippen LogP contribution < -0.4 is 5.32 Å². The van der Waals surface area contributed by atoms with Gasteiger partial charge in [-0.3, -0.25) is 4.79 Å². The average molecular weight is 426 g/mol. The Morgan fingerprint density at radius 2 is 1.97 bits per heavy atom. The molecule has 1 N–H and O–H groups in total. The highest BCUT2D eigenvalue weighted by atomic mass is 35.5. The number of nitrogens with zero attached hydrogens (tertiary/aromatic N) is 4. The van der Waals surface area contributed by atoms with Gasteiger partial charge >= 0.3 is 6.03 Å². The minimum absolute atomic E-state index is 0.0427. The molecule has 0 aliphatic carbocycles. The molecule has 1 atom stereocenters. The topological polar surface area (TPSA) is 70.0 Å². The van der Waals surface area contributed by atoms with E-state index in [9.17, 15) is 9.59 Å². The maximum Gasteiger partial charge on any atom is 0.320 e. The third-order valence-corrected chi connectivity index (χ3v) is 5.59. The Bertz CT molecular complexity index is 1080. The summed E-state index contributed by atoms with van der Waals surface area (Å²) in [5, 5.41) is 3.59. The number of likely N-dealkylation sites (tertiary alicyclic amines) is 1. The van der Waals surface area contributed by atoms with Crippen LogP contribution in [0.25, 0.3) is 5.52 Å². The fraction of sp³-hybridized carbons (Fsp3) is 0.318. The third-order valence-electron chi connectivity index (χ3n) is 5.34. The van der Waals surface area contributed by atoms with Crippen molar-refractivity contribution in [2.24, 2.45) is 0 Å². The van der Waals surface area contributed by atoms with E-state index in [1.54, 1.807) is 31.1 Å². The molecule has 0 saturated carbocycles. The van der Waals surface area contributed by atoms with Crippen molar-refractivity contribution >= 4 is 29.1 Å². The number of amides is 3. The first-order valence-corrected chi connectivity index (χ1v) is 10.3. The van der Waals surface area contributed by atoms with E-state index in [1.807, 2.05) is 45.8 Å². The van der Waals surface area contributed by atoms with Crippen LogP contribution in [0.2, 0.25) is 5.02 Å². The molecule has 1 fully saturated rings. The second kappa shape index (κ2) is 8.36. The molecule has 156 valence electrons. The molecule has 0 unspecified atom stereocenters. The number of nitrogens with one attached hydrogen (secondary N) is 1. The van der Waals surface area contributed by atoms with Crippen molar-refractivity contribution in [3.63, 3.8) is 0 Å². The Morgan fingerprint density at radius 3 is 2.70 bits per heavy atom. The number of rotatable bonds is 4. The Balaban J connectivity index is 1.63. The molecule has 8 heteroatoms. The number of pyridine rings is 1. The first-order chi connectivity index (χ1) is 14.5. The zero-order valence-electron chi connectivity index (χ0n) is 17.0. The molecule has 1 aromatic carbocycles. The Labute approximate surface area is 180 Å². The van der Waals surface area contributed by atoms with E-state index >= 15 is 0 Å². The molecule has 30 heavy (non-hydrogen) atoms. The second-order valence-corrected chi connectivity index (χ2v) is 8.05. The lowest BCUT2D eigenvalue weighted by molar-refractivity contribution is 0.0948. The molecule has 1 aliphatic heterocycles. The average Bonchev–Trinajstić information content (AvgIpc) is 3.37. The lowest BCUT2D eigenvalue weighted by atomic mass is 10.2. The van der Waals surface area contributed by atoms with Crippen LogP contribution in [0.4, 0.5) is 4.79 Å².